The number of carboxylic acid groups (broad SMARTS) is 1. The summed E-state index contributed by atoms with van der Waals surface area (Å²) in [5, 5.41) is 8.67. The molecular weight excluding hydrogens is 364 g/mol. The van der Waals surface area contributed by atoms with Crippen LogP contribution in [0.1, 0.15) is 55.2 Å². The molecular formula is C24H26N2O3. The maximum Gasteiger partial charge on any atom is 0.328 e. The molecule has 6 rings (SSSR count). The van der Waals surface area contributed by atoms with Gasteiger partial charge in [0.15, 0.2) is 0 Å². The Hall–Kier alpha value is -2.69. The van der Waals surface area contributed by atoms with E-state index in [1.165, 1.54) is 50.2 Å². The second-order valence-corrected chi connectivity index (χ2v) is 9.16. The normalized spacial score (nSPS) is 30.0. The van der Waals surface area contributed by atoms with Gasteiger partial charge in [-0.2, -0.15) is 0 Å². The maximum atomic E-state index is 10.6. The van der Waals surface area contributed by atoms with E-state index in [4.69, 9.17) is 9.84 Å². The topological polar surface area (TPSA) is 72.3 Å². The number of nitrogens with zero attached hydrogens (tertiary/aromatic N) is 2. The highest BCUT2D eigenvalue weighted by Crippen LogP contribution is 2.60. The molecule has 0 radical (unpaired) electrons. The summed E-state index contributed by atoms with van der Waals surface area (Å²) < 4.78 is 5.78. The third kappa shape index (κ3) is 3.78. The van der Waals surface area contributed by atoms with Crippen molar-refractivity contribution < 1.29 is 14.6 Å². The molecule has 1 heterocycles. The van der Waals surface area contributed by atoms with Crippen molar-refractivity contribution in [3.8, 4) is 6.01 Å². The number of ether oxygens (including phenoxy) is 1. The molecule has 5 heteroatoms. The zero-order valence-corrected chi connectivity index (χ0v) is 16.5. The summed E-state index contributed by atoms with van der Waals surface area (Å²) in [7, 11) is 0. The number of hydrogen-bond acceptors (Lipinski definition) is 4. The standard InChI is InChI=1S/C24H26N2O3/c27-22(28)5-4-17-13-25-23(26-14-17)29-15-16-2-1-3-21(9-16)24-10-18-6-19(11-24)8-20(7-18)12-24/h1-5,9,13-14,18-20H,6-8,10-12,15H2,(H,27,28). The number of carbonyl (C=O) groups is 1. The summed E-state index contributed by atoms with van der Waals surface area (Å²) in [4.78, 5) is 18.9. The molecule has 1 aromatic heterocycles. The first-order chi connectivity index (χ1) is 14.1. The minimum absolute atomic E-state index is 0.303. The van der Waals surface area contributed by atoms with Crippen molar-refractivity contribution >= 4 is 12.0 Å². The van der Waals surface area contributed by atoms with E-state index in [9.17, 15) is 4.79 Å². The highest BCUT2D eigenvalue weighted by Gasteiger charge is 2.51. The summed E-state index contributed by atoms with van der Waals surface area (Å²) in [6.45, 7) is 0.435. The van der Waals surface area contributed by atoms with E-state index < -0.39 is 5.97 Å². The van der Waals surface area contributed by atoms with Crippen molar-refractivity contribution in [1.29, 1.82) is 0 Å². The zero-order valence-electron chi connectivity index (χ0n) is 16.5. The van der Waals surface area contributed by atoms with Crippen LogP contribution >= 0.6 is 0 Å². The second kappa shape index (κ2) is 7.29. The van der Waals surface area contributed by atoms with Gasteiger partial charge in [-0.1, -0.05) is 24.3 Å². The van der Waals surface area contributed by atoms with Crippen LogP contribution in [0.4, 0.5) is 0 Å². The highest BCUT2D eigenvalue weighted by molar-refractivity contribution is 5.85. The summed E-state index contributed by atoms with van der Waals surface area (Å²) in [6.07, 6.45) is 14.1. The monoisotopic (exact) mass is 390 g/mol. The fourth-order valence-electron chi connectivity index (χ4n) is 6.26. The van der Waals surface area contributed by atoms with Crippen LogP contribution in [-0.4, -0.2) is 21.0 Å². The number of benzene rings is 1. The first kappa shape index (κ1) is 18.3. The number of carboxylic acids is 1. The van der Waals surface area contributed by atoms with Gasteiger partial charge >= 0.3 is 12.0 Å². The van der Waals surface area contributed by atoms with Crippen molar-refractivity contribution in [3.63, 3.8) is 0 Å². The minimum atomic E-state index is -0.996. The van der Waals surface area contributed by atoms with E-state index in [2.05, 4.69) is 34.2 Å². The van der Waals surface area contributed by atoms with E-state index in [1.54, 1.807) is 12.4 Å². The van der Waals surface area contributed by atoms with Crippen LogP contribution < -0.4 is 4.74 Å². The van der Waals surface area contributed by atoms with Crippen LogP contribution in [0.3, 0.4) is 0 Å². The molecule has 0 atom stereocenters. The minimum Gasteiger partial charge on any atom is -0.478 e. The molecule has 0 unspecified atom stereocenters. The van der Waals surface area contributed by atoms with Crippen LogP contribution in [-0.2, 0) is 16.8 Å². The van der Waals surface area contributed by atoms with Gasteiger partial charge in [0.1, 0.15) is 6.61 Å². The van der Waals surface area contributed by atoms with E-state index in [0.29, 0.717) is 23.6 Å². The average Bonchev–Trinajstić information content (AvgIpc) is 2.71. The summed E-state index contributed by atoms with van der Waals surface area (Å²) in [5.74, 6) is 1.80. The van der Waals surface area contributed by atoms with Gasteiger partial charge in [-0.25, -0.2) is 14.8 Å². The Morgan fingerprint density at radius 3 is 2.38 bits per heavy atom. The quantitative estimate of drug-likeness (QED) is 0.729. The van der Waals surface area contributed by atoms with Crippen molar-refractivity contribution in [2.45, 2.75) is 50.5 Å². The molecule has 1 aromatic carbocycles. The summed E-state index contributed by atoms with van der Waals surface area (Å²) >= 11 is 0. The number of hydrogen-bond donors (Lipinski definition) is 1. The van der Waals surface area contributed by atoms with E-state index in [1.807, 2.05) is 0 Å². The molecule has 4 aliphatic rings. The maximum absolute atomic E-state index is 10.6. The van der Waals surface area contributed by atoms with Gasteiger partial charge in [0, 0.05) is 24.0 Å². The van der Waals surface area contributed by atoms with Gasteiger partial charge in [0.2, 0.25) is 0 Å². The Bertz CT molecular complexity index is 900. The molecule has 0 spiro atoms. The van der Waals surface area contributed by atoms with Crippen LogP contribution in [0.5, 0.6) is 6.01 Å². The van der Waals surface area contributed by atoms with Gasteiger partial charge in [-0.05, 0) is 78.9 Å². The van der Waals surface area contributed by atoms with Gasteiger partial charge in [0.05, 0.1) is 0 Å². The number of aliphatic carboxylic acids is 1. The van der Waals surface area contributed by atoms with Crippen LogP contribution in [0, 0.1) is 17.8 Å². The largest absolute Gasteiger partial charge is 0.478 e. The molecule has 4 fully saturated rings. The fourth-order valence-corrected chi connectivity index (χ4v) is 6.26. The smallest absolute Gasteiger partial charge is 0.328 e. The third-order valence-corrected chi connectivity index (χ3v) is 7.01. The predicted octanol–water partition coefficient (Wildman–Crippen LogP) is 4.62. The molecule has 0 aliphatic heterocycles. The molecule has 150 valence electrons. The van der Waals surface area contributed by atoms with Gasteiger partial charge in [-0.3, -0.25) is 0 Å². The molecule has 5 nitrogen and oxygen atoms in total. The van der Waals surface area contributed by atoms with E-state index >= 15 is 0 Å². The lowest BCUT2D eigenvalue weighted by atomic mass is 9.48. The van der Waals surface area contributed by atoms with E-state index in [0.717, 1.165) is 29.4 Å². The van der Waals surface area contributed by atoms with Crippen molar-refractivity contribution in [2.24, 2.45) is 17.8 Å². The van der Waals surface area contributed by atoms with Gasteiger partial charge in [0.25, 0.3) is 0 Å². The first-order valence-corrected chi connectivity index (χ1v) is 10.5. The fraction of sp³-hybridized carbons (Fsp3) is 0.458. The van der Waals surface area contributed by atoms with Crippen LogP contribution in [0.2, 0.25) is 0 Å². The molecule has 0 amide bonds. The second-order valence-electron chi connectivity index (χ2n) is 9.16. The molecule has 4 aliphatic carbocycles. The number of aromatic nitrogens is 2. The lowest BCUT2D eigenvalue weighted by Crippen LogP contribution is -2.48. The lowest BCUT2D eigenvalue weighted by molar-refractivity contribution is -0.131. The molecule has 0 saturated heterocycles. The predicted molar refractivity (Wildman–Crippen MR) is 109 cm³/mol. The first-order valence-electron chi connectivity index (χ1n) is 10.5. The highest BCUT2D eigenvalue weighted by atomic mass is 16.5. The zero-order chi connectivity index (χ0) is 19.8. The molecule has 2 aromatic rings. The third-order valence-electron chi connectivity index (χ3n) is 7.01. The Labute approximate surface area is 170 Å². The Balaban J connectivity index is 1.27. The van der Waals surface area contributed by atoms with Gasteiger partial charge < -0.3 is 9.84 Å². The van der Waals surface area contributed by atoms with Crippen molar-refractivity contribution in [2.75, 3.05) is 0 Å². The average molecular weight is 390 g/mol. The lowest BCUT2D eigenvalue weighted by Gasteiger charge is -2.57. The van der Waals surface area contributed by atoms with Crippen molar-refractivity contribution in [3.05, 3.63) is 59.4 Å². The summed E-state index contributed by atoms with van der Waals surface area (Å²) in [6, 6.07) is 9.22. The SMILES string of the molecule is O=C(O)C=Cc1cnc(OCc2cccc(C34CC5CC(CC(C5)C3)C4)c2)nc1. The summed E-state index contributed by atoms with van der Waals surface area (Å²) in [5.41, 5.74) is 3.66. The molecule has 1 N–H and O–H groups in total. The van der Waals surface area contributed by atoms with E-state index in [-0.39, 0.29) is 0 Å². The molecule has 29 heavy (non-hydrogen) atoms. The van der Waals surface area contributed by atoms with Crippen LogP contribution in [0.25, 0.3) is 6.08 Å². The Morgan fingerprint density at radius 2 is 1.76 bits per heavy atom. The van der Waals surface area contributed by atoms with Gasteiger partial charge in [-0.15, -0.1) is 0 Å². The molecule has 4 saturated carbocycles. The molecule has 4 bridgehead atoms. The Kier molecular flexibility index (Phi) is 4.61. The van der Waals surface area contributed by atoms with Crippen molar-refractivity contribution in [1.82, 2.24) is 9.97 Å². The number of rotatable bonds is 6. The van der Waals surface area contributed by atoms with Crippen LogP contribution in [0.15, 0.2) is 42.7 Å². The Morgan fingerprint density at radius 1 is 1.10 bits per heavy atom.